The Labute approximate surface area is 86.6 Å². The lowest BCUT2D eigenvalue weighted by Gasteiger charge is -2.23. The summed E-state index contributed by atoms with van der Waals surface area (Å²) in [5.74, 6) is 0.907. The number of likely N-dealkylation sites (tertiary alicyclic amines) is 1. The number of carbonyl (C=O) groups is 1. The predicted molar refractivity (Wildman–Crippen MR) is 57.9 cm³/mol. The minimum absolute atomic E-state index is 0.298. The molecule has 0 aromatic heterocycles. The molecule has 0 bridgehead atoms. The minimum atomic E-state index is 0.298. The molecule has 0 saturated carbocycles. The Morgan fingerprint density at radius 2 is 2.29 bits per heavy atom. The first-order valence-electron chi connectivity index (χ1n) is 5.64. The Morgan fingerprint density at radius 1 is 1.57 bits per heavy atom. The van der Waals surface area contributed by atoms with Crippen molar-refractivity contribution in [3.8, 4) is 0 Å². The Morgan fingerprint density at radius 3 is 2.86 bits per heavy atom. The third kappa shape index (κ3) is 2.98. The molecule has 1 unspecified atom stereocenters. The van der Waals surface area contributed by atoms with Crippen LogP contribution in [0.5, 0.6) is 0 Å². The molecule has 0 aliphatic carbocycles. The molecular formula is C11H22N2O. The van der Waals surface area contributed by atoms with E-state index in [4.69, 9.17) is 5.73 Å². The van der Waals surface area contributed by atoms with Gasteiger partial charge in [-0.2, -0.15) is 0 Å². The third-order valence-electron chi connectivity index (χ3n) is 2.91. The van der Waals surface area contributed by atoms with Crippen molar-refractivity contribution in [1.82, 2.24) is 4.90 Å². The zero-order chi connectivity index (χ0) is 10.6. The Balaban J connectivity index is 2.35. The quantitative estimate of drug-likeness (QED) is 0.741. The van der Waals surface area contributed by atoms with Crippen LogP contribution in [0, 0.1) is 5.92 Å². The Bertz CT molecular complexity index is 192. The second kappa shape index (κ2) is 5.35. The maximum atomic E-state index is 11.8. The van der Waals surface area contributed by atoms with E-state index in [2.05, 4.69) is 13.8 Å². The van der Waals surface area contributed by atoms with Crippen LogP contribution in [0.4, 0.5) is 0 Å². The van der Waals surface area contributed by atoms with E-state index >= 15 is 0 Å². The van der Waals surface area contributed by atoms with E-state index < -0.39 is 0 Å². The van der Waals surface area contributed by atoms with Gasteiger partial charge in [0.25, 0.3) is 0 Å². The van der Waals surface area contributed by atoms with Crippen LogP contribution < -0.4 is 5.73 Å². The summed E-state index contributed by atoms with van der Waals surface area (Å²) < 4.78 is 0. The van der Waals surface area contributed by atoms with Crippen LogP contribution >= 0.6 is 0 Å². The number of rotatable bonds is 4. The van der Waals surface area contributed by atoms with Crippen LogP contribution in [0.1, 0.15) is 39.5 Å². The summed E-state index contributed by atoms with van der Waals surface area (Å²) in [6.07, 6.45) is 3.89. The average Bonchev–Trinajstić information content (AvgIpc) is 2.61. The molecule has 14 heavy (non-hydrogen) atoms. The van der Waals surface area contributed by atoms with Gasteiger partial charge in [-0.25, -0.2) is 0 Å². The van der Waals surface area contributed by atoms with Crippen LogP contribution in [-0.2, 0) is 4.79 Å². The number of nitrogens with two attached hydrogens (primary N) is 1. The molecule has 1 saturated heterocycles. The highest BCUT2D eigenvalue weighted by Crippen LogP contribution is 2.18. The molecule has 1 amide bonds. The number of hydrogen-bond donors (Lipinski definition) is 1. The molecule has 3 heteroatoms. The van der Waals surface area contributed by atoms with Crippen molar-refractivity contribution < 1.29 is 4.79 Å². The first-order chi connectivity index (χ1) is 6.65. The molecule has 0 aromatic carbocycles. The Hall–Kier alpha value is -0.570. The molecule has 82 valence electrons. The summed E-state index contributed by atoms with van der Waals surface area (Å²) in [6.45, 7) is 5.83. The average molecular weight is 198 g/mol. The molecule has 1 aliphatic heterocycles. The second-order valence-corrected chi connectivity index (χ2v) is 4.55. The van der Waals surface area contributed by atoms with Crippen molar-refractivity contribution in [3.63, 3.8) is 0 Å². The lowest BCUT2D eigenvalue weighted by molar-refractivity contribution is -0.132. The van der Waals surface area contributed by atoms with Crippen LogP contribution in [0.15, 0.2) is 0 Å². The van der Waals surface area contributed by atoms with Gasteiger partial charge < -0.3 is 10.6 Å². The van der Waals surface area contributed by atoms with E-state index in [0.29, 0.717) is 30.8 Å². The van der Waals surface area contributed by atoms with E-state index in [9.17, 15) is 4.79 Å². The normalized spacial score (nSPS) is 22.0. The fraction of sp³-hybridized carbons (Fsp3) is 0.909. The van der Waals surface area contributed by atoms with Gasteiger partial charge in [0, 0.05) is 25.6 Å². The summed E-state index contributed by atoms with van der Waals surface area (Å²) >= 11 is 0. The fourth-order valence-corrected chi connectivity index (χ4v) is 1.96. The van der Waals surface area contributed by atoms with Gasteiger partial charge in [-0.05, 0) is 25.2 Å². The van der Waals surface area contributed by atoms with E-state index in [1.165, 1.54) is 0 Å². The predicted octanol–water partition coefficient (Wildman–Crippen LogP) is 1.37. The van der Waals surface area contributed by atoms with Crippen LogP contribution in [0.25, 0.3) is 0 Å². The van der Waals surface area contributed by atoms with E-state index in [1.807, 2.05) is 4.90 Å². The number of carbonyl (C=O) groups excluding carboxylic acids is 1. The van der Waals surface area contributed by atoms with Gasteiger partial charge in [-0.1, -0.05) is 13.8 Å². The topological polar surface area (TPSA) is 46.3 Å². The highest BCUT2D eigenvalue weighted by molar-refractivity contribution is 5.76. The molecule has 1 rings (SSSR count). The lowest BCUT2D eigenvalue weighted by Crippen LogP contribution is -2.39. The fourth-order valence-electron chi connectivity index (χ4n) is 1.96. The minimum Gasteiger partial charge on any atom is -0.338 e. The summed E-state index contributed by atoms with van der Waals surface area (Å²) in [4.78, 5) is 13.8. The summed E-state index contributed by atoms with van der Waals surface area (Å²) in [6, 6.07) is 0.315. The smallest absolute Gasteiger partial charge is 0.222 e. The largest absolute Gasteiger partial charge is 0.338 e. The molecule has 1 atom stereocenters. The molecule has 0 spiro atoms. The number of hydrogen-bond acceptors (Lipinski definition) is 2. The van der Waals surface area contributed by atoms with Gasteiger partial charge in [0.1, 0.15) is 0 Å². The van der Waals surface area contributed by atoms with Crippen molar-refractivity contribution in [2.45, 2.75) is 45.6 Å². The van der Waals surface area contributed by atoms with Crippen LogP contribution in [0.3, 0.4) is 0 Å². The van der Waals surface area contributed by atoms with E-state index in [1.54, 1.807) is 0 Å². The maximum absolute atomic E-state index is 11.8. The van der Waals surface area contributed by atoms with Crippen LogP contribution in [0.2, 0.25) is 0 Å². The highest BCUT2D eigenvalue weighted by atomic mass is 16.2. The zero-order valence-corrected chi connectivity index (χ0v) is 9.33. The first-order valence-corrected chi connectivity index (χ1v) is 5.64. The van der Waals surface area contributed by atoms with Gasteiger partial charge in [-0.3, -0.25) is 4.79 Å². The van der Waals surface area contributed by atoms with Crippen LogP contribution in [-0.4, -0.2) is 29.9 Å². The molecule has 1 aliphatic rings. The van der Waals surface area contributed by atoms with Gasteiger partial charge in [0.05, 0.1) is 0 Å². The SMILES string of the molecule is CC(C)CCC(=O)N1CCCC1CN. The van der Waals surface area contributed by atoms with Crippen molar-refractivity contribution in [2.75, 3.05) is 13.1 Å². The van der Waals surface area contributed by atoms with Crippen molar-refractivity contribution in [1.29, 1.82) is 0 Å². The third-order valence-corrected chi connectivity index (χ3v) is 2.91. The molecule has 0 aromatic rings. The standard InChI is InChI=1S/C11H22N2O/c1-9(2)5-6-11(14)13-7-3-4-10(13)8-12/h9-10H,3-8,12H2,1-2H3. The van der Waals surface area contributed by atoms with Gasteiger partial charge >= 0.3 is 0 Å². The molecule has 0 radical (unpaired) electrons. The van der Waals surface area contributed by atoms with Crippen molar-refractivity contribution in [2.24, 2.45) is 11.7 Å². The maximum Gasteiger partial charge on any atom is 0.222 e. The zero-order valence-electron chi connectivity index (χ0n) is 9.33. The van der Waals surface area contributed by atoms with Gasteiger partial charge in [0.2, 0.25) is 5.91 Å². The summed E-state index contributed by atoms with van der Waals surface area (Å²) in [7, 11) is 0. The monoisotopic (exact) mass is 198 g/mol. The van der Waals surface area contributed by atoms with Gasteiger partial charge in [0.15, 0.2) is 0 Å². The highest BCUT2D eigenvalue weighted by Gasteiger charge is 2.26. The van der Waals surface area contributed by atoms with E-state index in [0.717, 1.165) is 25.8 Å². The van der Waals surface area contributed by atoms with Crippen molar-refractivity contribution in [3.05, 3.63) is 0 Å². The summed E-state index contributed by atoms with van der Waals surface area (Å²) in [5.41, 5.74) is 5.62. The van der Waals surface area contributed by atoms with Gasteiger partial charge in [-0.15, -0.1) is 0 Å². The lowest BCUT2D eigenvalue weighted by atomic mass is 10.1. The Kier molecular flexibility index (Phi) is 4.39. The first kappa shape index (κ1) is 11.5. The summed E-state index contributed by atoms with van der Waals surface area (Å²) in [5, 5.41) is 0. The molecule has 1 fully saturated rings. The molecule has 1 heterocycles. The number of amides is 1. The molecular weight excluding hydrogens is 176 g/mol. The van der Waals surface area contributed by atoms with Crippen molar-refractivity contribution >= 4 is 5.91 Å². The second-order valence-electron chi connectivity index (χ2n) is 4.55. The van der Waals surface area contributed by atoms with E-state index in [-0.39, 0.29) is 0 Å². The molecule has 2 N–H and O–H groups in total. The molecule has 3 nitrogen and oxygen atoms in total. The number of nitrogens with zero attached hydrogens (tertiary/aromatic N) is 1.